The molecule has 1 aromatic heterocycles. The number of aryl methyl sites for hydroxylation is 1. The van der Waals surface area contributed by atoms with E-state index in [-0.39, 0.29) is 6.04 Å². The lowest BCUT2D eigenvalue weighted by Crippen LogP contribution is -2.29. The van der Waals surface area contributed by atoms with Crippen molar-refractivity contribution in [2.45, 2.75) is 52.2 Å². The minimum Gasteiger partial charge on any atom is -0.494 e. The molecule has 3 nitrogen and oxygen atoms in total. The number of hydrogen-bond donors (Lipinski definition) is 0. The average molecular weight is 389 g/mol. The molecule has 0 saturated heterocycles. The molecule has 2 aromatic carbocycles. The van der Waals surface area contributed by atoms with Crippen LogP contribution in [0.4, 0.5) is 0 Å². The zero-order valence-electron chi connectivity index (χ0n) is 17.8. The van der Waals surface area contributed by atoms with Crippen molar-refractivity contribution < 1.29 is 4.74 Å². The van der Waals surface area contributed by atoms with Crippen LogP contribution in [0.5, 0.6) is 5.75 Å². The monoisotopic (exact) mass is 388 g/mol. The summed E-state index contributed by atoms with van der Waals surface area (Å²) in [5.74, 6) is 1.51. The summed E-state index contributed by atoms with van der Waals surface area (Å²) >= 11 is 0. The molecule has 0 N–H and O–H groups in total. The fraction of sp³-hybridized carbons (Fsp3) is 0.385. The van der Waals surface area contributed by atoms with E-state index in [9.17, 15) is 0 Å². The van der Waals surface area contributed by atoms with Crippen LogP contribution in [0.1, 0.15) is 61.5 Å². The highest BCUT2D eigenvalue weighted by atomic mass is 16.5. The average Bonchev–Trinajstić information content (AvgIpc) is 3.11. The first-order valence-corrected chi connectivity index (χ1v) is 10.9. The third kappa shape index (κ3) is 4.40. The Morgan fingerprint density at radius 3 is 2.41 bits per heavy atom. The Bertz CT molecular complexity index is 909. The maximum Gasteiger partial charge on any atom is 0.119 e. The van der Waals surface area contributed by atoms with Gasteiger partial charge in [-0.3, -0.25) is 4.90 Å². The molecule has 2 heterocycles. The van der Waals surface area contributed by atoms with Gasteiger partial charge >= 0.3 is 0 Å². The molecular weight excluding hydrogens is 356 g/mol. The van der Waals surface area contributed by atoms with Crippen LogP contribution < -0.4 is 4.74 Å². The third-order valence-electron chi connectivity index (χ3n) is 5.89. The fourth-order valence-corrected chi connectivity index (χ4v) is 4.35. The zero-order chi connectivity index (χ0) is 20.2. The van der Waals surface area contributed by atoms with Gasteiger partial charge in [-0.25, -0.2) is 0 Å². The first-order chi connectivity index (χ1) is 14.2. The third-order valence-corrected chi connectivity index (χ3v) is 5.89. The Hall–Kier alpha value is -2.52. The topological polar surface area (TPSA) is 17.4 Å². The number of nitrogens with zero attached hydrogens (tertiary/aromatic N) is 2. The van der Waals surface area contributed by atoms with Gasteiger partial charge in [-0.2, -0.15) is 0 Å². The van der Waals surface area contributed by atoms with E-state index in [0.29, 0.717) is 12.5 Å². The van der Waals surface area contributed by atoms with Crippen LogP contribution in [-0.2, 0) is 13.1 Å². The molecule has 0 unspecified atom stereocenters. The summed E-state index contributed by atoms with van der Waals surface area (Å²) in [6, 6.07) is 22.5. The normalized spacial score (nSPS) is 17.2. The molecule has 0 bridgehead atoms. The molecule has 0 spiro atoms. The molecule has 0 radical (unpaired) electrons. The van der Waals surface area contributed by atoms with Crippen molar-refractivity contribution in [2.75, 3.05) is 13.2 Å². The van der Waals surface area contributed by atoms with E-state index in [1.807, 2.05) is 6.92 Å². The Balaban J connectivity index is 1.65. The SMILES string of the molecule is CCOc1ccc([C@@H]2c3cccn3CCCN2Cc2ccc(C(C)C)cc2)cc1. The van der Waals surface area contributed by atoms with Crippen LogP contribution in [0.3, 0.4) is 0 Å². The van der Waals surface area contributed by atoms with Crippen molar-refractivity contribution in [3.05, 3.63) is 89.2 Å². The number of ether oxygens (including phenoxy) is 1. The van der Waals surface area contributed by atoms with Gasteiger partial charge in [0.2, 0.25) is 0 Å². The van der Waals surface area contributed by atoms with Crippen LogP contribution in [0.2, 0.25) is 0 Å². The predicted molar refractivity (Wildman–Crippen MR) is 119 cm³/mol. The van der Waals surface area contributed by atoms with Crippen LogP contribution in [-0.4, -0.2) is 22.6 Å². The van der Waals surface area contributed by atoms with Crippen LogP contribution in [0.25, 0.3) is 0 Å². The lowest BCUT2D eigenvalue weighted by molar-refractivity contribution is 0.220. The van der Waals surface area contributed by atoms with E-state index in [1.54, 1.807) is 0 Å². The first-order valence-electron chi connectivity index (χ1n) is 10.9. The highest BCUT2D eigenvalue weighted by Crippen LogP contribution is 2.34. The lowest BCUT2D eigenvalue weighted by atomic mass is 9.99. The summed E-state index contributed by atoms with van der Waals surface area (Å²) in [6.07, 6.45) is 3.39. The van der Waals surface area contributed by atoms with Crippen molar-refractivity contribution in [1.82, 2.24) is 9.47 Å². The van der Waals surface area contributed by atoms with Crippen LogP contribution in [0, 0.1) is 0 Å². The van der Waals surface area contributed by atoms with Crippen molar-refractivity contribution in [2.24, 2.45) is 0 Å². The first kappa shape index (κ1) is 19.8. The number of hydrogen-bond acceptors (Lipinski definition) is 2. The molecule has 0 saturated carbocycles. The van der Waals surface area contributed by atoms with E-state index in [0.717, 1.165) is 25.4 Å². The maximum atomic E-state index is 5.66. The van der Waals surface area contributed by atoms with Gasteiger partial charge in [0.15, 0.2) is 0 Å². The summed E-state index contributed by atoms with van der Waals surface area (Å²) in [6.45, 7) is 10.4. The fourth-order valence-electron chi connectivity index (χ4n) is 4.35. The van der Waals surface area contributed by atoms with Crippen molar-refractivity contribution in [3.8, 4) is 5.75 Å². The highest BCUT2D eigenvalue weighted by Gasteiger charge is 2.27. The maximum absolute atomic E-state index is 5.66. The number of benzene rings is 2. The number of fused-ring (bicyclic) bond motifs is 1. The Kier molecular flexibility index (Phi) is 6.05. The molecule has 4 rings (SSSR count). The number of rotatable bonds is 6. The van der Waals surface area contributed by atoms with E-state index in [1.165, 1.54) is 28.8 Å². The minimum atomic E-state index is 0.257. The Morgan fingerprint density at radius 1 is 0.966 bits per heavy atom. The van der Waals surface area contributed by atoms with Crippen LogP contribution in [0.15, 0.2) is 66.9 Å². The van der Waals surface area contributed by atoms with Gasteiger partial charge in [-0.05, 0) is 60.2 Å². The molecule has 29 heavy (non-hydrogen) atoms. The summed E-state index contributed by atoms with van der Waals surface area (Å²) in [5, 5.41) is 0. The van der Waals surface area contributed by atoms with E-state index >= 15 is 0 Å². The molecule has 152 valence electrons. The van der Waals surface area contributed by atoms with Gasteiger partial charge in [-0.15, -0.1) is 0 Å². The number of aromatic nitrogens is 1. The van der Waals surface area contributed by atoms with E-state index in [2.05, 4.69) is 90.2 Å². The zero-order valence-corrected chi connectivity index (χ0v) is 17.8. The molecule has 1 aliphatic rings. The molecule has 3 heteroatoms. The summed E-state index contributed by atoms with van der Waals surface area (Å²) < 4.78 is 8.08. The predicted octanol–water partition coefficient (Wildman–Crippen LogP) is 6.01. The van der Waals surface area contributed by atoms with Crippen molar-refractivity contribution in [3.63, 3.8) is 0 Å². The molecule has 3 aromatic rings. The summed E-state index contributed by atoms with van der Waals surface area (Å²) in [5.41, 5.74) is 5.49. The van der Waals surface area contributed by atoms with Crippen molar-refractivity contribution in [1.29, 1.82) is 0 Å². The van der Waals surface area contributed by atoms with Gasteiger partial charge in [0.05, 0.1) is 12.6 Å². The van der Waals surface area contributed by atoms with E-state index < -0.39 is 0 Å². The molecule has 0 aliphatic carbocycles. The van der Waals surface area contributed by atoms with Crippen LogP contribution >= 0.6 is 0 Å². The van der Waals surface area contributed by atoms with Crippen molar-refractivity contribution >= 4 is 0 Å². The quantitative estimate of drug-likeness (QED) is 0.515. The second-order valence-corrected chi connectivity index (χ2v) is 8.25. The Labute approximate surface area is 174 Å². The molecular formula is C26H32N2O. The van der Waals surface area contributed by atoms with Gasteiger partial charge in [-0.1, -0.05) is 50.2 Å². The molecule has 1 atom stereocenters. The molecule has 1 aliphatic heterocycles. The lowest BCUT2D eigenvalue weighted by Gasteiger charge is -2.31. The second kappa shape index (κ2) is 8.87. The Morgan fingerprint density at radius 2 is 1.72 bits per heavy atom. The summed E-state index contributed by atoms with van der Waals surface area (Å²) in [4.78, 5) is 2.62. The second-order valence-electron chi connectivity index (χ2n) is 8.25. The van der Waals surface area contributed by atoms with E-state index in [4.69, 9.17) is 4.74 Å². The minimum absolute atomic E-state index is 0.257. The van der Waals surface area contributed by atoms with Gasteiger partial charge in [0.1, 0.15) is 5.75 Å². The molecule has 0 fully saturated rings. The van der Waals surface area contributed by atoms with Gasteiger partial charge in [0.25, 0.3) is 0 Å². The van der Waals surface area contributed by atoms with Gasteiger partial charge < -0.3 is 9.30 Å². The highest BCUT2D eigenvalue weighted by molar-refractivity contribution is 5.35. The molecule has 0 amide bonds. The standard InChI is InChI=1S/C26H32N2O/c1-4-29-24-14-12-23(13-15-24)26-25-7-5-16-27(25)17-6-18-28(26)19-21-8-10-22(11-9-21)20(2)3/h5,7-16,20,26H,4,6,17-19H2,1-3H3/t26-/m1/s1. The largest absolute Gasteiger partial charge is 0.494 e. The van der Waals surface area contributed by atoms with Gasteiger partial charge in [0, 0.05) is 31.5 Å². The smallest absolute Gasteiger partial charge is 0.119 e. The summed E-state index contributed by atoms with van der Waals surface area (Å²) in [7, 11) is 0.